The number of halogens is 1. The quantitative estimate of drug-likeness (QED) is 0.885. The van der Waals surface area contributed by atoms with Crippen LogP contribution in [-0.2, 0) is 0 Å². The molecule has 96 valence electrons. The van der Waals surface area contributed by atoms with Crippen molar-refractivity contribution in [3.8, 4) is 5.75 Å². The number of rotatable bonds is 5. The van der Waals surface area contributed by atoms with Crippen molar-refractivity contribution >= 4 is 15.9 Å². The Morgan fingerprint density at radius 2 is 2.00 bits per heavy atom. The van der Waals surface area contributed by atoms with Gasteiger partial charge < -0.3 is 10.1 Å². The van der Waals surface area contributed by atoms with E-state index in [1.807, 2.05) is 7.05 Å². The van der Waals surface area contributed by atoms with Crippen LogP contribution < -0.4 is 10.1 Å². The third-order valence-corrected chi connectivity index (χ3v) is 3.80. The van der Waals surface area contributed by atoms with Gasteiger partial charge in [0.25, 0.3) is 0 Å². The first kappa shape index (κ1) is 14.5. The SMILES string of the molecule is CNC(CC(C)C)c1cc(Br)c(C)cc1OC. The van der Waals surface area contributed by atoms with Crippen LogP contribution in [0.1, 0.15) is 37.4 Å². The van der Waals surface area contributed by atoms with Crippen LogP contribution in [-0.4, -0.2) is 14.2 Å². The minimum atomic E-state index is 0.335. The Balaban J connectivity index is 3.12. The van der Waals surface area contributed by atoms with Crippen molar-refractivity contribution in [3.05, 3.63) is 27.7 Å². The van der Waals surface area contributed by atoms with Crippen LogP contribution in [0.3, 0.4) is 0 Å². The lowest BCUT2D eigenvalue weighted by molar-refractivity contribution is 0.388. The van der Waals surface area contributed by atoms with Crippen LogP contribution in [0.15, 0.2) is 16.6 Å². The first-order valence-electron chi connectivity index (χ1n) is 6.00. The van der Waals surface area contributed by atoms with Crippen LogP contribution >= 0.6 is 15.9 Å². The van der Waals surface area contributed by atoms with Gasteiger partial charge in [-0.25, -0.2) is 0 Å². The molecule has 0 radical (unpaired) electrons. The van der Waals surface area contributed by atoms with Gasteiger partial charge in [0.2, 0.25) is 0 Å². The van der Waals surface area contributed by atoms with Crippen LogP contribution in [0.5, 0.6) is 5.75 Å². The summed E-state index contributed by atoms with van der Waals surface area (Å²) in [7, 11) is 3.73. The average Bonchev–Trinajstić information content (AvgIpc) is 2.28. The summed E-state index contributed by atoms with van der Waals surface area (Å²) >= 11 is 3.59. The lowest BCUT2D eigenvalue weighted by Gasteiger charge is -2.22. The van der Waals surface area contributed by atoms with Gasteiger partial charge in [0.1, 0.15) is 5.75 Å². The Bertz CT molecular complexity index is 377. The zero-order valence-electron chi connectivity index (χ0n) is 11.3. The molecule has 3 heteroatoms. The summed E-state index contributed by atoms with van der Waals surface area (Å²) in [5.74, 6) is 1.61. The minimum absolute atomic E-state index is 0.335. The highest BCUT2D eigenvalue weighted by atomic mass is 79.9. The molecule has 0 fully saturated rings. The third-order valence-electron chi connectivity index (χ3n) is 2.94. The van der Waals surface area contributed by atoms with Gasteiger partial charge in [-0.3, -0.25) is 0 Å². The first-order valence-corrected chi connectivity index (χ1v) is 6.80. The molecule has 17 heavy (non-hydrogen) atoms. The molecule has 0 aliphatic heterocycles. The van der Waals surface area contributed by atoms with E-state index in [9.17, 15) is 0 Å². The first-order chi connectivity index (χ1) is 7.99. The largest absolute Gasteiger partial charge is 0.496 e. The minimum Gasteiger partial charge on any atom is -0.496 e. The van der Waals surface area contributed by atoms with Crippen molar-refractivity contribution in [1.29, 1.82) is 0 Å². The molecule has 1 rings (SSSR count). The molecule has 0 heterocycles. The highest BCUT2D eigenvalue weighted by Crippen LogP contribution is 2.33. The van der Waals surface area contributed by atoms with Gasteiger partial charge in [-0.1, -0.05) is 29.8 Å². The number of hydrogen-bond acceptors (Lipinski definition) is 2. The van der Waals surface area contributed by atoms with E-state index in [4.69, 9.17) is 4.74 Å². The molecule has 1 aromatic carbocycles. The molecule has 1 N–H and O–H groups in total. The molecule has 0 bridgehead atoms. The topological polar surface area (TPSA) is 21.3 Å². The predicted octanol–water partition coefficient (Wildman–Crippen LogP) is 4.07. The van der Waals surface area contributed by atoms with E-state index in [-0.39, 0.29) is 0 Å². The fraction of sp³-hybridized carbons (Fsp3) is 0.571. The number of ether oxygens (including phenoxy) is 1. The molecule has 0 amide bonds. The van der Waals surface area contributed by atoms with E-state index in [1.54, 1.807) is 7.11 Å². The second-order valence-electron chi connectivity index (χ2n) is 4.81. The standard InChI is InChI=1S/C14H22BrNO/c1-9(2)6-13(16-4)11-8-12(15)10(3)7-14(11)17-5/h7-9,13,16H,6H2,1-5H3. The second kappa shape index (κ2) is 6.41. The van der Waals surface area contributed by atoms with Gasteiger partial charge in [-0.05, 0) is 44.0 Å². The van der Waals surface area contributed by atoms with Crippen LogP contribution in [0.4, 0.5) is 0 Å². The van der Waals surface area contributed by atoms with Crippen molar-refractivity contribution in [1.82, 2.24) is 5.32 Å². The van der Waals surface area contributed by atoms with Crippen molar-refractivity contribution in [2.45, 2.75) is 33.2 Å². The van der Waals surface area contributed by atoms with Crippen molar-refractivity contribution < 1.29 is 4.74 Å². The number of methoxy groups -OCH3 is 1. The Hall–Kier alpha value is -0.540. The van der Waals surface area contributed by atoms with Crippen LogP contribution in [0, 0.1) is 12.8 Å². The fourth-order valence-electron chi connectivity index (χ4n) is 1.99. The number of nitrogens with one attached hydrogen (secondary N) is 1. The maximum atomic E-state index is 5.48. The molecule has 0 saturated heterocycles. The molecule has 0 spiro atoms. The van der Waals surface area contributed by atoms with Gasteiger partial charge in [0.15, 0.2) is 0 Å². The molecular weight excluding hydrogens is 278 g/mol. The number of benzene rings is 1. The van der Waals surface area contributed by atoms with E-state index in [0.717, 1.165) is 16.6 Å². The fourth-order valence-corrected chi connectivity index (χ4v) is 2.35. The van der Waals surface area contributed by atoms with E-state index in [2.05, 4.69) is 54.2 Å². The summed E-state index contributed by atoms with van der Waals surface area (Å²) in [5, 5.41) is 3.37. The molecule has 1 atom stereocenters. The average molecular weight is 300 g/mol. The van der Waals surface area contributed by atoms with Crippen molar-refractivity contribution in [3.63, 3.8) is 0 Å². The maximum Gasteiger partial charge on any atom is 0.123 e. The van der Waals surface area contributed by atoms with E-state index in [0.29, 0.717) is 12.0 Å². The predicted molar refractivity (Wildman–Crippen MR) is 76.7 cm³/mol. The van der Waals surface area contributed by atoms with E-state index in [1.165, 1.54) is 11.1 Å². The monoisotopic (exact) mass is 299 g/mol. The zero-order chi connectivity index (χ0) is 13.0. The summed E-state index contributed by atoms with van der Waals surface area (Å²) in [6.07, 6.45) is 1.10. The molecule has 0 aromatic heterocycles. The van der Waals surface area contributed by atoms with E-state index >= 15 is 0 Å². The maximum absolute atomic E-state index is 5.48. The Morgan fingerprint density at radius 3 is 2.47 bits per heavy atom. The molecule has 0 aliphatic carbocycles. The van der Waals surface area contributed by atoms with Crippen LogP contribution in [0.2, 0.25) is 0 Å². The third kappa shape index (κ3) is 3.71. The summed E-state index contributed by atoms with van der Waals surface area (Å²) < 4.78 is 6.62. The van der Waals surface area contributed by atoms with Crippen molar-refractivity contribution in [2.24, 2.45) is 5.92 Å². The Labute approximate surface area is 113 Å². The second-order valence-corrected chi connectivity index (χ2v) is 5.67. The van der Waals surface area contributed by atoms with Gasteiger partial charge in [-0.15, -0.1) is 0 Å². The van der Waals surface area contributed by atoms with Gasteiger partial charge >= 0.3 is 0 Å². The Morgan fingerprint density at radius 1 is 1.35 bits per heavy atom. The van der Waals surface area contributed by atoms with E-state index < -0.39 is 0 Å². The van der Waals surface area contributed by atoms with Gasteiger partial charge in [0.05, 0.1) is 7.11 Å². The summed E-state index contributed by atoms with van der Waals surface area (Å²) in [5.41, 5.74) is 2.42. The molecule has 0 aliphatic rings. The summed E-state index contributed by atoms with van der Waals surface area (Å²) in [6, 6.07) is 4.59. The normalized spacial score (nSPS) is 12.9. The van der Waals surface area contributed by atoms with Crippen molar-refractivity contribution in [2.75, 3.05) is 14.2 Å². The molecule has 2 nitrogen and oxygen atoms in total. The summed E-state index contributed by atoms with van der Waals surface area (Å²) in [4.78, 5) is 0. The highest BCUT2D eigenvalue weighted by Gasteiger charge is 2.17. The van der Waals surface area contributed by atoms with Gasteiger partial charge in [0, 0.05) is 16.1 Å². The lowest BCUT2D eigenvalue weighted by atomic mass is 9.95. The zero-order valence-corrected chi connectivity index (χ0v) is 12.9. The Kier molecular flexibility index (Phi) is 5.47. The van der Waals surface area contributed by atoms with Gasteiger partial charge in [-0.2, -0.15) is 0 Å². The number of hydrogen-bond donors (Lipinski definition) is 1. The lowest BCUT2D eigenvalue weighted by Crippen LogP contribution is -2.19. The van der Waals surface area contributed by atoms with Crippen LogP contribution in [0.25, 0.3) is 0 Å². The summed E-state index contributed by atoms with van der Waals surface area (Å²) in [6.45, 7) is 6.55. The molecule has 1 aromatic rings. The smallest absolute Gasteiger partial charge is 0.123 e. The molecular formula is C14H22BrNO. The molecule has 0 saturated carbocycles. The number of aryl methyl sites for hydroxylation is 1. The highest BCUT2D eigenvalue weighted by molar-refractivity contribution is 9.10. The molecule has 1 unspecified atom stereocenters.